The van der Waals surface area contributed by atoms with Gasteiger partial charge in [-0.25, -0.2) is 8.42 Å². The zero-order chi connectivity index (χ0) is 15.9. The van der Waals surface area contributed by atoms with E-state index in [1.165, 1.54) is 12.1 Å². The van der Waals surface area contributed by atoms with Gasteiger partial charge in [0, 0.05) is 36.9 Å². The molecule has 118 valence electrons. The lowest BCUT2D eigenvalue weighted by atomic mass is 10.1. The van der Waals surface area contributed by atoms with Crippen LogP contribution in [-0.4, -0.2) is 34.1 Å². The first-order valence-electron chi connectivity index (χ1n) is 6.65. The molecule has 1 unspecified atom stereocenters. The first kappa shape index (κ1) is 17.9. The number of hydrogen-bond acceptors (Lipinski definition) is 4. The van der Waals surface area contributed by atoms with Crippen molar-refractivity contribution in [1.82, 2.24) is 5.32 Å². The maximum absolute atomic E-state index is 11.7. The van der Waals surface area contributed by atoms with E-state index in [4.69, 9.17) is 15.4 Å². The molecule has 0 aliphatic rings. The maximum atomic E-state index is 11.7. The Balaban J connectivity index is 2.43. The Morgan fingerprint density at radius 1 is 1.33 bits per heavy atom. The van der Waals surface area contributed by atoms with E-state index in [9.17, 15) is 13.2 Å². The SMILES string of the molecule is COCCC(C)NC(=O)CCc1ccc(S(=O)(=O)Cl)cc1. The number of benzene rings is 1. The van der Waals surface area contributed by atoms with Crippen LogP contribution in [-0.2, 0) is 25.0 Å². The van der Waals surface area contributed by atoms with Crippen molar-refractivity contribution in [2.24, 2.45) is 0 Å². The van der Waals surface area contributed by atoms with Gasteiger partial charge < -0.3 is 10.1 Å². The van der Waals surface area contributed by atoms with Crippen molar-refractivity contribution in [3.05, 3.63) is 29.8 Å². The van der Waals surface area contributed by atoms with Gasteiger partial charge in [-0.2, -0.15) is 0 Å². The van der Waals surface area contributed by atoms with Crippen molar-refractivity contribution in [2.45, 2.75) is 37.1 Å². The minimum Gasteiger partial charge on any atom is -0.385 e. The number of carbonyl (C=O) groups is 1. The van der Waals surface area contributed by atoms with Gasteiger partial charge in [0.15, 0.2) is 0 Å². The van der Waals surface area contributed by atoms with Crippen molar-refractivity contribution in [1.29, 1.82) is 0 Å². The lowest BCUT2D eigenvalue weighted by molar-refractivity contribution is -0.121. The van der Waals surface area contributed by atoms with Crippen molar-refractivity contribution >= 4 is 25.6 Å². The summed E-state index contributed by atoms with van der Waals surface area (Å²) in [5.41, 5.74) is 0.888. The van der Waals surface area contributed by atoms with Crippen LogP contribution >= 0.6 is 10.7 Å². The lowest BCUT2D eigenvalue weighted by Crippen LogP contribution is -2.33. The summed E-state index contributed by atoms with van der Waals surface area (Å²) in [5.74, 6) is -0.0346. The number of amides is 1. The molecular formula is C14H20ClNO4S. The van der Waals surface area contributed by atoms with Crippen LogP contribution < -0.4 is 5.32 Å². The fourth-order valence-electron chi connectivity index (χ4n) is 1.79. The van der Waals surface area contributed by atoms with E-state index < -0.39 is 9.05 Å². The molecule has 0 heterocycles. The third-order valence-corrected chi connectivity index (χ3v) is 4.38. The van der Waals surface area contributed by atoms with Crippen molar-refractivity contribution < 1.29 is 17.9 Å². The quantitative estimate of drug-likeness (QED) is 0.739. The lowest BCUT2D eigenvalue weighted by Gasteiger charge is -2.13. The standard InChI is InChI=1S/C14H20ClNO4S/c1-11(9-10-20-2)16-14(17)8-5-12-3-6-13(7-4-12)21(15,18)19/h3-4,6-7,11H,5,8-10H2,1-2H3,(H,16,17). The zero-order valence-electron chi connectivity index (χ0n) is 12.1. The summed E-state index contributed by atoms with van der Waals surface area (Å²) in [6.45, 7) is 2.53. The number of rotatable bonds is 8. The van der Waals surface area contributed by atoms with Crippen LogP contribution in [0.2, 0.25) is 0 Å². The minimum absolute atomic E-state index is 0.0346. The Hall–Kier alpha value is -1.11. The van der Waals surface area contributed by atoms with Gasteiger partial charge in [0.05, 0.1) is 4.90 Å². The molecule has 1 N–H and O–H groups in total. The molecule has 1 atom stereocenters. The second kappa shape index (κ2) is 8.36. The maximum Gasteiger partial charge on any atom is 0.261 e. The number of aryl methyl sites for hydroxylation is 1. The van der Waals surface area contributed by atoms with Crippen molar-refractivity contribution in [3.8, 4) is 0 Å². The van der Waals surface area contributed by atoms with Crippen LogP contribution in [0.4, 0.5) is 0 Å². The summed E-state index contributed by atoms with van der Waals surface area (Å²) in [6, 6.07) is 6.28. The molecule has 1 aromatic rings. The number of ether oxygens (including phenoxy) is 1. The molecule has 5 nitrogen and oxygen atoms in total. The molecule has 21 heavy (non-hydrogen) atoms. The molecule has 0 aliphatic heterocycles. The van der Waals surface area contributed by atoms with Gasteiger partial charge in [0.25, 0.3) is 9.05 Å². The molecule has 0 bridgehead atoms. The highest BCUT2D eigenvalue weighted by molar-refractivity contribution is 8.13. The summed E-state index contributed by atoms with van der Waals surface area (Å²) >= 11 is 0. The summed E-state index contributed by atoms with van der Waals surface area (Å²) in [7, 11) is 3.16. The highest BCUT2D eigenvalue weighted by Crippen LogP contribution is 2.16. The topological polar surface area (TPSA) is 72.5 Å². The highest BCUT2D eigenvalue weighted by Gasteiger charge is 2.10. The molecule has 0 aliphatic carbocycles. The number of halogens is 1. The Morgan fingerprint density at radius 3 is 2.48 bits per heavy atom. The van der Waals surface area contributed by atoms with Crippen LogP contribution in [0.15, 0.2) is 29.2 Å². The predicted molar refractivity (Wildman–Crippen MR) is 81.9 cm³/mol. The molecule has 0 saturated heterocycles. The second-order valence-corrected chi connectivity index (χ2v) is 7.40. The normalized spacial score (nSPS) is 12.9. The molecule has 0 fully saturated rings. The van der Waals surface area contributed by atoms with Gasteiger partial charge in [-0.15, -0.1) is 0 Å². The van der Waals surface area contributed by atoms with E-state index in [1.54, 1.807) is 19.2 Å². The van der Waals surface area contributed by atoms with Gasteiger partial charge in [0.2, 0.25) is 5.91 Å². The van der Waals surface area contributed by atoms with Gasteiger partial charge in [0.1, 0.15) is 0 Å². The first-order valence-corrected chi connectivity index (χ1v) is 8.95. The summed E-state index contributed by atoms with van der Waals surface area (Å²) in [6.07, 6.45) is 1.67. The van der Waals surface area contributed by atoms with E-state index in [-0.39, 0.29) is 16.8 Å². The van der Waals surface area contributed by atoms with Crippen LogP contribution in [0.25, 0.3) is 0 Å². The number of hydrogen-bond donors (Lipinski definition) is 1. The molecule has 1 rings (SSSR count). The monoisotopic (exact) mass is 333 g/mol. The molecule has 0 radical (unpaired) electrons. The molecule has 7 heteroatoms. The average Bonchev–Trinajstić information content (AvgIpc) is 2.42. The molecular weight excluding hydrogens is 314 g/mol. The molecule has 1 amide bonds. The summed E-state index contributed by atoms with van der Waals surface area (Å²) in [5, 5.41) is 2.88. The first-order chi connectivity index (χ1) is 9.82. The number of carbonyl (C=O) groups excluding carboxylic acids is 1. The van der Waals surface area contributed by atoms with Gasteiger partial charge in [-0.1, -0.05) is 12.1 Å². The molecule has 0 spiro atoms. The van der Waals surface area contributed by atoms with E-state index in [1.807, 2.05) is 6.92 Å². The largest absolute Gasteiger partial charge is 0.385 e. The number of methoxy groups -OCH3 is 1. The van der Waals surface area contributed by atoms with Gasteiger partial charge in [-0.05, 0) is 37.5 Å². The summed E-state index contributed by atoms with van der Waals surface area (Å²) < 4.78 is 27.2. The average molecular weight is 334 g/mol. The number of nitrogens with one attached hydrogen (secondary N) is 1. The minimum atomic E-state index is -3.69. The highest BCUT2D eigenvalue weighted by atomic mass is 35.7. The van der Waals surface area contributed by atoms with Crippen LogP contribution in [0.1, 0.15) is 25.3 Å². The Labute approximate surface area is 130 Å². The second-order valence-electron chi connectivity index (χ2n) is 4.83. The third kappa shape index (κ3) is 6.93. The Bertz CT molecular complexity index is 557. The van der Waals surface area contributed by atoms with Gasteiger partial charge >= 0.3 is 0 Å². The van der Waals surface area contributed by atoms with Gasteiger partial charge in [-0.3, -0.25) is 4.79 Å². The zero-order valence-corrected chi connectivity index (χ0v) is 13.7. The van der Waals surface area contributed by atoms with Crippen LogP contribution in [0, 0.1) is 0 Å². The van der Waals surface area contributed by atoms with E-state index in [0.717, 1.165) is 12.0 Å². The molecule has 0 saturated carbocycles. The fourth-order valence-corrected chi connectivity index (χ4v) is 2.56. The third-order valence-electron chi connectivity index (χ3n) is 3.01. The van der Waals surface area contributed by atoms with Crippen molar-refractivity contribution in [2.75, 3.05) is 13.7 Å². The van der Waals surface area contributed by atoms with E-state index >= 15 is 0 Å². The smallest absolute Gasteiger partial charge is 0.261 e. The predicted octanol–water partition coefficient (Wildman–Crippen LogP) is 2.09. The van der Waals surface area contributed by atoms with Crippen molar-refractivity contribution in [3.63, 3.8) is 0 Å². The van der Waals surface area contributed by atoms with E-state index in [2.05, 4.69) is 5.32 Å². The van der Waals surface area contributed by atoms with Crippen LogP contribution in [0.3, 0.4) is 0 Å². The van der Waals surface area contributed by atoms with E-state index in [0.29, 0.717) is 19.4 Å². The molecule has 0 aromatic heterocycles. The Morgan fingerprint density at radius 2 is 1.95 bits per heavy atom. The van der Waals surface area contributed by atoms with Crippen LogP contribution in [0.5, 0.6) is 0 Å². The molecule has 1 aromatic carbocycles. The summed E-state index contributed by atoms with van der Waals surface area (Å²) in [4.78, 5) is 11.8. The fraction of sp³-hybridized carbons (Fsp3) is 0.500. The Kier molecular flexibility index (Phi) is 7.14.